The summed E-state index contributed by atoms with van der Waals surface area (Å²) < 4.78 is 0. The molecule has 2 atom stereocenters. The van der Waals surface area contributed by atoms with Gasteiger partial charge in [-0.2, -0.15) is 0 Å². The standard InChI is InChI=1S/C14H18N4OS/c1-8-3-4-9(2)18(7-8)14(19)12-10(15)11-13(20-12)17-6-5-16-11/h5-6,8-9H,3-4,7,15H2,1-2H3. The number of nitrogens with two attached hydrogens (primary N) is 1. The number of amides is 1. The number of nitrogens with zero attached hydrogens (tertiary/aromatic N) is 3. The predicted octanol–water partition coefficient (Wildman–Crippen LogP) is 2.53. The Morgan fingerprint density at radius 2 is 2.10 bits per heavy atom. The van der Waals surface area contributed by atoms with Crippen LogP contribution in [-0.2, 0) is 0 Å². The van der Waals surface area contributed by atoms with Crippen molar-refractivity contribution in [2.24, 2.45) is 5.92 Å². The molecule has 1 fully saturated rings. The van der Waals surface area contributed by atoms with Gasteiger partial charge in [-0.25, -0.2) is 9.97 Å². The van der Waals surface area contributed by atoms with Crippen LogP contribution in [0.2, 0.25) is 0 Å². The Balaban J connectivity index is 1.97. The van der Waals surface area contributed by atoms with E-state index in [4.69, 9.17) is 5.73 Å². The van der Waals surface area contributed by atoms with E-state index in [1.807, 2.05) is 4.90 Å². The van der Waals surface area contributed by atoms with E-state index >= 15 is 0 Å². The van der Waals surface area contributed by atoms with Crippen LogP contribution in [0.4, 0.5) is 5.69 Å². The molecule has 0 bridgehead atoms. The minimum atomic E-state index is 0.0198. The number of aromatic nitrogens is 2. The number of hydrogen-bond donors (Lipinski definition) is 1. The number of piperidine rings is 1. The Bertz CT molecular complexity index is 654. The van der Waals surface area contributed by atoms with Crippen LogP contribution in [0, 0.1) is 5.92 Å². The number of thiophene rings is 1. The van der Waals surface area contributed by atoms with E-state index in [0.29, 0.717) is 22.0 Å². The summed E-state index contributed by atoms with van der Waals surface area (Å²) in [5.74, 6) is 0.563. The highest BCUT2D eigenvalue weighted by Gasteiger charge is 2.30. The Morgan fingerprint density at radius 1 is 1.35 bits per heavy atom. The summed E-state index contributed by atoms with van der Waals surface area (Å²) in [4.78, 5) is 24.4. The first-order valence-corrected chi connectivity index (χ1v) is 7.69. The number of likely N-dealkylation sites (tertiary alicyclic amines) is 1. The molecule has 1 aliphatic rings. The molecule has 3 heterocycles. The zero-order chi connectivity index (χ0) is 14.3. The van der Waals surface area contributed by atoms with Gasteiger partial charge in [-0.3, -0.25) is 4.79 Å². The van der Waals surface area contributed by atoms with Crippen LogP contribution in [0.5, 0.6) is 0 Å². The van der Waals surface area contributed by atoms with Crippen molar-refractivity contribution in [1.82, 2.24) is 14.9 Å². The topological polar surface area (TPSA) is 72.1 Å². The van der Waals surface area contributed by atoms with Gasteiger partial charge in [0, 0.05) is 25.0 Å². The highest BCUT2D eigenvalue weighted by Crippen LogP contribution is 2.33. The van der Waals surface area contributed by atoms with Crippen LogP contribution in [0.3, 0.4) is 0 Å². The van der Waals surface area contributed by atoms with Gasteiger partial charge >= 0.3 is 0 Å². The van der Waals surface area contributed by atoms with Crippen molar-refractivity contribution < 1.29 is 4.79 Å². The smallest absolute Gasteiger partial charge is 0.266 e. The van der Waals surface area contributed by atoms with Gasteiger partial charge in [0.25, 0.3) is 5.91 Å². The van der Waals surface area contributed by atoms with Gasteiger partial charge in [0.2, 0.25) is 0 Å². The molecule has 2 N–H and O–H groups in total. The van der Waals surface area contributed by atoms with E-state index in [0.717, 1.165) is 17.8 Å². The maximum atomic E-state index is 12.7. The molecule has 5 nitrogen and oxygen atoms in total. The van der Waals surface area contributed by atoms with Crippen molar-refractivity contribution in [3.05, 3.63) is 17.3 Å². The highest BCUT2D eigenvalue weighted by molar-refractivity contribution is 7.21. The number of carbonyl (C=O) groups is 1. The summed E-state index contributed by atoms with van der Waals surface area (Å²) in [5, 5.41) is 0. The van der Waals surface area contributed by atoms with E-state index in [9.17, 15) is 4.79 Å². The minimum absolute atomic E-state index is 0.0198. The van der Waals surface area contributed by atoms with Crippen molar-refractivity contribution in [2.45, 2.75) is 32.7 Å². The maximum absolute atomic E-state index is 12.7. The fourth-order valence-corrected chi connectivity index (χ4v) is 3.68. The summed E-state index contributed by atoms with van der Waals surface area (Å²) in [6, 6.07) is 0.268. The Morgan fingerprint density at radius 3 is 2.85 bits per heavy atom. The summed E-state index contributed by atoms with van der Waals surface area (Å²) in [6.07, 6.45) is 5.45. The molecule has 0 spiro atoms. The molecule has 20 heavy (non-hydrogen) atoms. The minimum Gasteiger partial charge on any atom is -0.396 e. The lowest BCUT2D eigenvalue weighted by atomic mass is 9.95. The molecule has 0 radical (unpaired) electrons. The van der Waals surface area contributed by atoms with E-state index in [2.05, 4.69) is 23.8 Å². The zero-order valence-corrected chi connectivity index (χ0v) is 12.5. The average molecular weight is 290 g/mol. The largest absolute Gasteiger partial charge is 0.396 e. The van der Waals surface area contributed by atoms with Gasteiger partial charge in [0.05, 0.1) is 5.69 Å². The molecule has 106 valence electrons. The molecular formula is C14H18N4OS. The predicted molar refractivity (Wildman–Crippen MR) is 80.7 cm³/mol. The van der Waals surface area contributed by atoms with E-state index < -0.39 is 0 Å². The Labute approximate surface area is 121 Å². The lowest BCUT2D eigenvalue weighted by molar-refractivity contribution is 0.0580. The molecule has 6 heteroatoms. The maximum Gasteiger partial charge on any atom is 0.266 e. The van der Waals surface area contributed by atoms with Gasteiger partial charge in [-0.1, -0.05) is 6.92 Å². The molecule has 2 aromatic heterocycles. The summed E-state index contributed by atoms with van der Waals surface area (Å²) >= 11 is 1.34. The molecule has 1 saturated heterocycles. The zero-order valence-electron chi connectivity index (χ0n) is 11.7. The van der Waals surface area contributed by atoms with Gasteiger partial charge in [0.15, 0.2) is 0 Å². The summed E-state index contributed by atoms with van der Waals surface area (Å²) in [5.41, 5.74) is 7.19. The number of nitrogen functional groups attached to an aromatic ring is 1. The third-order valence-corrected chi connectivity index (χ3v) is 5.03. The van der Waals surface area contributed by atoms with Crippen LogP contribution >= 0.6 is 11.3 Å². The van der Waals surface area contributed by atoms with Crippen molar-refractivity contribution >= 4 is 33.3 Å². The average Bonchev–Trinajstić information content (AvgIpc) is 2.79. The highest BCUT2D eigenvalue weighted by atomic mass is 32.1. The molecule has 1 aliphatic heterocycles. The van der Waals surface area contributed by atoms with Crippen molar-refractivity contribution in [3.63, 3.8) is 0 Å². The first-order chi connectivity index (χ1) is 9.58. The van der Waals surface area contributed by atoms with E-state index in [1.54, 1.807) is 12.4 Å². The number of carbonyl (C=O) groups excluding carboxylic acids is 1. The fourth-order valence-electron chi connectivity index (χ4n) is 2.70. The van der Waals surface area contributed by atoms with Crippen LogP contribution in [-0.4, -0.2) is 33.4 Å². The molecule has 1 amide bonds. The molecule has 0 aromatic carbocycles. The SMILES string of the molecule is CC1CCC(C)N(C(=O)c2sc3nccnc3c2N)C1. The number of anilines is 1. The van der Waals surface area contributed by atoms with Crippen molar-refractivity contribution in [3.8, 4) is 0 Å². The monoisotopic (exact) mass is 290 g/mol. The van der Waals surface area contributed by atoms with Gasteiger partial charge in [-0.15, -0.1) is 11.3 Å². The normalized spacial score (nSPS) is 23.2. The fraction of sp³-hybridized carbons (Fsp3) is 0.500. The lowest BCUT2D eigenvalue weighted by Gasteiger charge is -2.36. The Hall–Kier alpha value is -1.69. The molecule has 0 saturated carbocycles. The Kier molecular flexibility index (Phi) is 3.33. The summed E-state index contributed by atoms with van der Waals surface area (Å²) in [7, 11) is 0. The third kappa shape index (κ3) is 2.14. The number of hydrogen-bond acceptors (Lipinski definition) is 5. The van der Waals surface area contributed by atoms with Gasteiger partial charge in [0.1, 0.15) is 15.2 Å². The number of fused-ring (bicyclic) bond motifs is 1. The summed E-state index contributed by atoms with van der Waals surface area (Å²) in [6.45, 7) is 5.09. The van der Waals surface area contributed by atoms with E-state index in [1.165, 1.54) is 17.8 Å². The van der Waals surface area contributed by atoms with Crippen molar-refractivity contribution in [2.75, 3.05) is 12.3 Å². The van der Waals surface area contributed by atoms with Crippen LogP contribution < -0.4 is 5.73 Å². The first-order valence-electron chi connectivity index (χ1n) is 6.88. The molecular weight excluding hydrogens is 272 g/mol. The first kappa shape index (κ1) is 13.3. The number of rotatable bonds is 1. The van der Waals surface area contributed by atoms with E-state index in [-0.39, 0.29) is 11.9 Å². The van der Waals surface area contributed by atoms with Crippen LogP contribution in [0.1, 0.15) is 36.4 Å². The van der Waals surface area contributed by atoms with Crippen LogP contribution in [0.15, 0.2) is 12.4 Å². The third-order valence-electron chi connectivity index (χ3n) is 3.94. The molecule has 2 unspecified atom stereocenters. The van der Waals surface area contributed by atoms with Crippen molar-refractivity contribution in [1.29, 1.82) is 0 Å². The second-order valence-corrected chi connectivity index (χ2v) is 6.54. The molecule has 2 aromatic rings. The molecule has 0 aliphatic carbocycles. The second kappa shape index (κ2) is 5.01. The second-order valence-electron chi connectivity index (χ2n) is 5.54. The van der Waals surface area contributed by atoms with Crippen LogP contribution in [0.25, 0.3) is 10.3 Å². The van der Waals surface area contributed by atoms with Gasteiger partial charge in [-0.05, 0) is 25.7 Å². The lowest BCUT2D eigenvalue weighted by Crippen LogP contribution is -2.44. The van der Waals surface area contributed by atoms with Gasteiger partial charge < -0.3 is 10.6 Å². The molecule has 3 rings (SSSR count). The quantitative estimate of drug-likeness (QED) is 0.876.